The highest BCUT2D eigenvalue weighted by atomic mass is 127. The van der Waals surface area contributed by atoms with Gasteiger partial charge in [0, 0.05) is 10.1 Å². The largest absolute Gasteiger partial charge is 0.481 e. The maximum atomic E-state index is 12.0. The van der Waals surface area contributed by atoms with Gasteiger partial charge in [-0.1, -0.05) is 12.1 Å². The molecule has 0 aliphatic carbocycles. The smallest absolute Gasteiger partial charge is 0.310 e. The number of hydrogen-bond acceptors (Lipinski definition) is 3. The third-order valence-corrected chi connectivity index (χ3v) is 4.52. The minimum absolute atomic E-state index is 0.108. The van der Waals surface area contributed by atoms with E-state index in [1.54, 1.807) is 6.92 Å². The zero-order chi connectivity index (χ0) is 14.8. The Balaban J connectivity index is 1.91. The van der Waals surface area contributed by atoms with E-state index in [1.165, 1.54) is 0 Å². The number of halogens is 1. The Bertz CT molecular complexity index is 535. The van der Waals surface area contributed by atoms with Crippen molar-refractivity contribution in [3.05, 3.63) is 27.8 Å². The summed E-state index contributed by atoms with van der Waals surface area (Å²) in [7, 11) is 0. The molecule has 1 aliphatic heterocycles. The van der Waals surface area contributed by atoms with Crippen molar-refractivity contribution in [2.45, 2.75) is 13.3 Å². The fraction of sp³-hybridized carbons (Fsp3) is 0.429. The summed E-state index contributed by atoms with van der Waals surface area (Å²) < 4.78 is 0.982. The van der Waals surface area contributed by atoms with E-state index >= 15 is 0 Å². The maximum Gasteiger partial charge on any atom is 0.310 e. The Labute approximate surface area is 131 Å². The van der Waals surface area contributed by atoms with Crippen molar-refractivity contribution in [1.29, 1.82) is 0 Å². The molecule has 0 saturated carbocycles. The van der Waals surface area contributed by atoms with Crippen LogP contribution in [-0.4, -0.2) is 41.5 Å². The van der Waals surface area contributed by atoms with Crippen LogP contribution in [0.2, 0.25) is 0 Å². The van der Waals surface area contributed by atoms with Gasteiger partial charge in [0.2, 0.25) is 5.91 Å². The Hall–Kier alpha value is -1.15. The van der Waals surface area contributed by atoms with Gasteiger partial charge in [0.25, 0.3) is 0 Å². The number of rotatable bonds is 4. The van der Waals surface area contributed by atoms with Crippen molar-refractivity contribution in [2.24, 2.45) is 5.41 Å². The molecule has 1 aromatic carbocycles. The third-order valence-electron chi connectivity index (χ3n) is 3.58. The first-order valence-electron chi connectivity index (χ1n) is 6.41. The number of carboxylic acid groups (broad SMARTS) is 1. The van der Waals surface area contributed by atoms with E-state index in [0.29, 0.717) is 19.5 Å². The van der Waals surface area contributed by atoms with E-state index in [1.807, 2.05) is 29.2 Å². The predicted octanol–water partition coefficient (Wildman–Crippen LogP) is 2.03. The number of carbonyl (C=O) groups is 2. The van der Waals surface area contributed by atoms with Gasteiger partial charge >= 0.3 is 5.97 Å². The Kier molecular flexibility index (Phi) is 4.64. The van der Waals surface area contributed by atoms with Gasteiger partial charge in [0.05, 0.1) is 17.6 Å². The van der Waals surface area contributed by atoms with Crippen molar-refractivity contribution in [3.63, 3.8) is 0 Å². The second kappa shape index (κ2) is 6.09. The van der Waals surface area contributed by atoms with Crippen molar-refractivity contribution >= 4 is 40.2 Å². The van der Waals surface area contributed by atoms with Gasteiger partial charge in [-0.05, 0) is 54.6 Å². The Morgan fingerprint density at radius 3 is 2.75 bits per heavy atom. The summed E-state index contributed by atoms with van der Waals surface area (Å²) in [5.41, 5.74) is 0.0554. The molecular formula is C14H17IN2O3. The highest BCUT2D eigenvalue weighted by molar-refractivity contribution is 14.1. The molecule has 1 heterocycles. The minimum Gasteiger partial charge on any atom is -0.481 e. The lowest BCUT2D eigenvalue weighted by atomic mass is 9.90. The fourth-order valence-electron chi connectivity index (χ4n) is 2.32. The molecule has 20 heavy (non-hydrogen) atoms. The van der Waals surface area contributed by atoms with Crippen LogP contribution in [0, 0.1) is 8.99 Å². The zero-order valence-electron chi connectivity index (χ0n) is 11.2. The Morgan fingerprint density at radius 1 is 1.45 bits per heavy atom. The summed E-state index contributed by atoms with van der Waals surface area (Å²) >= 11 is 2.17. The molecule has 108 valence electrons. The summed E-state index contributed by atoms with van der Waals surface area (Å²) in [5, 5.41) is 12.0. The highest BCUT2D eigenvalue weighted by Crippen LogP contribution is 2.29. The van der Waals surface area contributed by atoms with Crippen molar-refractivity contribution in [3.8, 4) is 0 Å². The number of anilines is 1. The number of aliphatic carboxylic acids is 1. The normalized spacial score (nSPS) is 22.7. The van der Waals surface area contributed by atoms with Crippen LogP contribution in [0.3, 0.4) is 0 Å². The van der Waals surface area contributed by atoms with E-state index in [9.17, 15) is 9.59 Å². The lowest BCUT2D eigenvalue weighted by Crippen LogP contribution is -2.35. The topological polar surface area (TPSA) is 69.6 Å². The average molecular weight is 388 g/mol. The van der Waals surface area contributed by atoms with Gasteiger partial charge in [0.15, 0.2) is 0 Å². The van der Waals surface area contributed by atoms with Crippen LogP contribution in [0.15, 0.2) is 24.3 Å². The first-order valence-corrected chi connectivity index (χ1v) is 7.49. The van der Waals surface area contributed by atoms with Gasteiger partial charge in [-0.2, -0.15) is 0 Å². The fourth-order valence-corrected chi connectivity index (χ4v) is 2.84. The maximum absolute atomic E-state index is 12.0. The molecule has 6 heteroatoms. The molecule has 1 saturated heterocycles. The van der Waals surface area contributed by atoms with Crippen LogP contribution in [0.5, 0.6) is 0 Å². The molecule has 0 bridgehead atoms. The summed E-state index contributed by atoms with van der Waals surface area (Å²) in [6, 6.07) is 7.56. The van der Waals surface area contributed by atoms with Crippen molar-refractivity contribution in [2.75, 3.05) is 25.0 Å². The number of likely N-dealkylation sites (tertiary alicyclic amines) is 1. The molecule has 2 rings (SSSR count). The van der Waals surface area contributed by atoms with Crippen LogP contribution < -0.4 is 5.32 Å². The van der Waals surface area contributed by atoms with Crippen molar-refractivity contribution < 1.29 is 14.7 Å². The standard InChI is InChI=1S/C14H17IN2O3/c1-14(13(19)20)6-7-17(9-14)8-12(18)16-11-5-3-2-4-10(11)15/h2-5H,6-9H2,1H3,(H,16,18)(H,19,20). The number of carboxylic acids is 1. The number of nitrogens with one attached hydrogen (secondary N) is 1. The SMILES string of the molecule is CC1(C(=O)O)CCN(CC(=O)Nc2ccccc2I)C1. The molecular weight excluding hydrogens is 371 g/mol. The number of carbonyl (C=O) groups excluding carboxylic acids is 1. The first-order chi connectivity index (χ1) is 9.40. The van der Waals surface area contributed by atoms with Gasteiger partial charge in [-0.25, -0.2) is 0 Å². The zero-order valence-corrected chi connectivity index (χ0v) is 13.4. The van der Waals surface area contributed by atoms with E-state index in [2.05, 4.69) is 27.9 Å². The van der Waals surface area contributed by atoms with Crippen LogP contribution in [0.4, 0.5) is 5.69 Å². The molecule has 5 nitrogen and oxygen atoms in total. The summed E-state index contributed by atoms with van der Waals surface area (Å²) in [6.45, 7) is 3.02. The average Bonchev–Trinajstić information content (AvgIpc) is 2.75. The molecule has 0 aromatic heterocycles. The Morgan fingerprint density at radius 2 is 2.15 bits per heavy atom. The van der Waals surface area contributed by atoms with Gasteiger partial charge in [-0.15, -0.1) is 0 Å². The van der Waals surface area contributed by atoms with Gasteiger partial charge in [-0.3, -0.25) is 14.5 Å². The first kappa shape index (κ1) is 15.2. The molecule has 1 atom stereocenters. The molecule has 1 fully saturated rings. The lowest BCUT2D eigenvalue weighted by molar-refractivity contribution is -0.147. The number of benzene rings is 1. The molecule has 1 amide bonds. The van der Waals surface area contributed by atoms with E-state index in [0.717, 1.165) is 9.26 Å². The van der Waals surface area contributed by atoms with Crippen LogP contribution >= 0.6 is 22.6 Å². The van der Waals surface area contributed by atoms with Gasteiger partial charge < -0.3 is 10.4 Å². The number of para-hydroxylation sites is 1. The quantitative estimate of drug-likeness (QED) is 0.775. The number of hydrogen-bond donors (Lipinski definition) is 2. The molecule has 2 N–H and O–H groups in total. The molecule has 1 unspecified atom stereocenters. The predicted molar refractivity (Wildman–Crippen MR) is 84.6 cm³/mol. The molecule has 0 radical (unpaired) electrons. The molecule has 1 aromatic rings. The molecule has 0 spiro atoms. The monoisotopic (exact) mass is 388 g/mol. The van der Waals surface area contributed by atoms with Crippen LogP contribution in [-0.2, 0) is 9.59 Å². The summed E-state index contributed by atoms with van der Waals surface area (Å²) in [6.07, 6.45) is 0.582. The third kappa shape index (κ3) is 3.49. The highest BCUT2D eigenvalue weighted by Gasteiger charge is 2.40. The lowest BCUT2D eigenvalue weighted by Gasteiger charge is -2.19. The van der Waals surface area contributed by atoms with Crippen LogP contribution in [0.1, 0.15) is 13.3 Å². The minimum atomic E-state index is -0.794. The second-order valence-corrected chi connectivity index (χ2v) is 6.52. The molecule has 1 aliphatic rings. The van der Waals surface area contributed by atoms with E-state index in [4.69, 9.17) is 5.11 Å². The van der Waals surface area contributed by atoms with E-state index in [-0.39, 0.29) is 12.5 Å². The summed E-state index contributed by atoms with van der Waals surface area (Å²) in [5.74, 6) is -0.901. The van der Waals surface area contributed by atoms with E-state index < -0.39 is 11.4 Å². The summed E-state index contributed by atoms with van der Waals surface area (Å²) in [4.78, 5) is 25.0. The number of amides is 1. The van der Waals surface area contributed by atoms with Gasteiger partial charge in [0.1, 0.15) is 0 Å². The van der Waals surface area contributed by atoms with Crippen molar-refractivity contribution in [1.82, 2.24) is 4.90 Å². The van der Waals surface area contributed by atoms with Crippen LogP contribution in [0.25, 0.3) is 0 Å². The second-order valence-electron chi connectivity index (χ2n) is 5.35. The number of nitrogens with zero attached hydrogens (tertiary/aromatic N) is 1.